The Morgan fingerprint density at radius 3 is 2.83 bits per heavy atom. The van der Waals surface area contributed by atoms with Gasteiger partial charge in [-0.25, -0.2) is 14.1 Å². The molecule has 1 aromatic heterocycles. The summed E-state index contributed by atoms with van der Waals surface area (Å²) in [5.41, 5.74) is 1.11. The topological polar surface area (TPSA) is 47.8 Å². The summed E-state index contributed by atoms with van der Waals surface area (Å²) in [6.07, 6.45) is 1.56. The van der Waals surface area contributed by atoms with Crippen molar-refractivity contribution in [2.75, 3.05) is 0 Å². The van der Waals surface area contributed by atoms with Crippen LogP contribution in [0, 0.1) is 12.7 Å². The van der Waals surface area contributed by atoms with E-state index in [-0.39, 0.29) is 12.2 Å². The zero-order valence-corrected chi connectivity index (χ0v) is 10.4. The van der Waals surface area contributed by atoms with Gasteiger partial charge in [0, 0.05) is 12.1 Å². The summed E-state index contributed by atoms with van der Waals surface area (Å²) >= 11 is 0. The molecule has 0 saturated heterocycles. The highest BCUT2D eigenvalue weighted by atomic mass is 19.1. The number of carbonyl (C=O) groups is 1. The Bertz CT molecular complexity index is 557. The van der Waals surface area contributed by atoms with Crippen LogP contribution in [0.15, 0.2) is 24.5 Å². The smallest absolute Gasteiger partial charge is 0.170 e. The Labute approximate surface area is 104 Å². The van der Waals surface area contributed by atoms with E-state index in [4.69, 9.17) is 0 Å². The van der Waals surface area contributed by atoms with Crippen molar-refractivity contribution in [3.63, 3.8) is 0 Å². The minimum Gasteiger partial charge on any atom is -0.294 e. The summed E-state index contributed by atoms with van der Waals surface area (Å²) in [6, 6.07) is 4.32. The van der Waals surface area contributed by atoms with Crippen LogP contribution >= 0.6 is 0 Å². The number of halogens is 1. The molecule has 18 heavy (non-hydrogen) atoms. The van der Waals surface area contributed by atoms with Crippen molar-refractivity contribution in [1.29, 1.82) is 0 Å². The molecule has 0 aliphatic rings. The molecule has 0 spiro atoms. The van der Waals surface area contributed by atoms with Gasteiger partial charge in [0.05, 0.1) is 6.42 Å². The molecule has 0 amide bonds. The van der Waals surface area contributed by atoms with E-state index in [1.54, 1.807) is 17.7 Å². The number of nitrogens with zero attached hydrogens (tertiary/aromatic N) is 3. The van der Waals surface area contributed by atoms with Crippen molar-refractivity contribution in [3.05, 3.63) is 47.3 Å². The number of carbonyl (C=O) groups excluding carboxylic acids is 1. The number of benzene rings is 1. The molecule has 0 atom stereocenters. The predicted octanol–water partition coefficient (Wildman–Crippen LogP) is 2.17. The Morgan fingerprint density at radius 2 is 2.17 bits per heavy atom. The lowest BCUT2D eigenvalue weighted by Crippen LogP contribution is -2.11. The van der Waals surface area contributed by atoms with Crippen LogP contribution in [0.2, 0.25) is 0 Å². The van der Waals surface area contributed by atoms with E-state index in [1.165, 1.54) is 18.5 Å². The van der Waals surface area contributed by atoms with Crippen molar-refractivity contribution in [3.8, 4) is 0 Å². The van der Waals surface area contributed by atoms with Gasteiger partial charge in [-0.15, -0.1) is 0 Å². The normalized spacial score (nSPS) is 10.6. The highest BCUT2D eigenvalue weighted by molar-refractivity contribution is 5.97. The molecular weight excluding hydrogens is 233 g/mol. The Morgan fingerprint density at radius 1 is 1.39 bits per heavy atom. The first-order valence-corrected chi connectivity index (χ1v) is 5.77. The van der Waals surface area contributed by atoms with Crippen LogP contribution in [-0.4, -0.2) is 20.5 Å². The second-order valence-electron chi connectivity index (χ2n) is 4.11. The quantitative estimate of drug-likeness (QED) is 0.778. The second-order valence-corrected chi connectivity index (χ2v) is 4.11. The average Bonchev–Trinajstić information content (AvgIpc) is 2.75. The molecule has 0 fully saturated rings. The monoisotopic (exact) mass is 247 g/mol. The van der Waals surface area contributed by atoms with Crippen molar-refractivity contribution in [1.82, 2.24) is 14.8 Å². The summed E-state index contributed by atoms with van der Waals surface area (Å²) in [6.45, 7) is 4.34. The summed E-state index contributed by atoms with van der Waals surface area (Å²) in [4.78, 5) is 16.1. The van der Waals surface area contributed by atoms with Gasteiger partial charge < -0.3 is 0 Å². The molecule has 94 valence electrons. The van der Waals surface area contributed by atoms with E-state index < -0.39 is 5.82 Å². The standard InChI is InChI=1S/C13H14FN3O/c1-3-17-13(15-8-16-17)7-12(18)10-4-9(2)5-11(14)6-10/h4-6,8H,3,7H2,1-2H3. The van der Waals surface area contributed by atoms with Crippen LogP contribution in [0.25, 0.3) is 0 Å². The van der Waals surface area contributed by atoms with E-state index in [0.717, 1.165) is 5.56 Å². The molecule has 0 aliphatic carbocycles. The van der Waals surface area contributed by atoms with Crippen LogP contribution in [0.4, 0.5) is 4.39 Å². The van der Waals surface area contributed by atoms with Gasteiger partial charge >= 0.3 is 0 Å². The number of aromatic nitrogens is 3. The van der Waals surface area contributed by atoms with Crippen LogP contribution in [0.3, 0.4) is 0 Å². The van der Waals surface area contributed by atoms with E-state index in [2.05, 4.69) is 10.1 Å². The number of Topliss-reactive ketones (excluding diaryl/α,β-unsaturated/α-hetero) is 1. The maximum Gasteiger partial charge on any atom is 0.170 e. The molecular formula is C13H14FN3O. The molecule has 0 bridgehead atoms. The molecule has 2 aromatic rings. The number of aryl methyl sites for hydroxylation is 2. The first-order chi connectivity index (χ1) is 8.60. The minimum atomic E-state index is -0.393. The van der Waals surface area contributed by atoms with Crippen LogP contribution in [0.1, 0.15) is 28.7 Å². The molecule has 1 aromatic carbocycles. The maximum atomic E-state index is 13.2. The third-order valence-electron chi connectivity index (χ3n) is 2.68. The van der Waals surface area contributed by atoms with Gasteiger partial charge in [0.25, 0.3) is 0 Å². The lowest BCUT2D eigenvalue weighted by atomic mass is 10.1. The zero-order valence-electron chi connectivity index (χ0n) is 10.4. The fourth-order valence-corrected chi connectivity index (χ4v) is 1.83. The SMILES string of the molecule is CCn1ncnc1CC(=O)c1cc(C)cc(F)c1. The summed E-state index contributed by atoms with van der Waals surface area (Å²) in [7, 11) is 0. The number of hydrogen-bond donors (Lipinski definition) is 0. The van der Waals surface area contributed by atoms with Gasteiger partial charge in [0.2, 0.25) is 0 Å². The number of ketones is 1. The fourth-order valence-electron chi connectivity index (χ4n) is 1.83. The molecule has 0 aliphatic heterocycles. The first kappa shape index (κ1) is 12.4. The summed E-state index contributed by atoms with van der Waals surface area (Å²) < 4.78 is 14.9. The lowest BCUT2D eigenvalue weighted by molar-refractivity contribution is 0.0989. The van der Waals surface area contributed by atoms with Crippen LogP contribution < -0.4 is 0 Å². The van der Waals surface area contributed by atoms with Crippen LogP contribution in [-0.2, 0) is 13.0 Å². The van der Waals surface area contributed by atoms with Gasteiger partial charge in [0.15, 0.2) is 5.78 Å². The first-order valence-electron chi connectivity index (χ1n) is 5.77. The van der Waals surface area contributed by atoms with Gasteiger partial charge in [-0.2, -0.15) is 5.10 Å². The highest BCUT2D eigenvalue weighted by Crippen LogP contribution is 2.11. The third kappa shape index (κ3) is 2.61. The molecule has 0 unspecified atom stereocenters. The van der Waals surface area contributed by atoms with E-state index in [0.29, 0.717) is 17.9 Å². The highest BCUT2D eigenvalue weighted by Gasteiger charge is 2.12. The van der Waals surface area contributed by atoms with E-state index in [9.17, 15) is 9.18 Å². The zero-order chi connectivity index (χ0) is 13.1. The summed E-state index contributed by atoms with van der Waals surface area (Å²) in [5.74, 6) is 0.0556. The molecule has 2 rings (SSSR count). The van der Waals surface area contributed by atoms with Gasteiger partial charge in [-0.3, -0.25) is 4.79 Å². The van der Waals surface area contributed by atoms with Gasteiger partial charge in [-0.05, 0) is 37.6 Å². The Kier molecular flexibility index (Phi) is 3.50. The molecule has 0 N–H and O–H groups in total. The van der Waals surface area contributed by atoms with Gasteiger partial charge in [-0.1, -0.05) is 0 Å². The largest absolute Gasteiger partial charge is 0.294 e. The Balaban J connectivity index is 2.22. The Hall–Kier alpha value is -2.04. The fraction of sp³-hybridized carbons (Fsp3) is 0.308. The molecule has 1 heterocycles. The van der Waals surface area contributed by atoms with Crippen molar-refractivity contribution >= 4 is 5.78 Å². The molecule has 0 saturated carbocycles. The van der Waals surface area contributed by atoms with Crippen molar-refractivity contribution in [2.24, 2.45) is 0 Å². The number of rotatable bonds is 4. The van der Waals surface area contributed by atoms with Gasteiger partial charge in [0.1, 0.15) is 18.0 Å². The van der Waals surface area contributed by atoms with Crippen LogP contribution in [0.5, 0.6) is 0 Å². The predicted molar refractivity (Wildman–Crippen MR) is 64.9 cm³/mol. The third-order valence-corrected chi connectivity index (χ3v) is 2.68. The molecule has 5 heteroatoms. The average molecular weight is 247 g/mol. The molecule has 4 nitrogen and oxygen atoms in total. The number of hydrogen-bond acceptors (Lipinski definition) is 3. The second kappa shape index (κ2) is 5.08. The molecule has 0 radical (unpaired) electrons. The minimum absolute atomic E-state index is 0.136. The van der Waals surface area contributed by atoms with Crippen molar-refractivity contribution < 1.29 is 9.18 Å². The summed E-state index contributed by atoms with van der Waals surface area (Å²) in [5, 5.41) is 4.00. The van der Waals surface area contributed by atoms with Crippen molar-refractivity contribution in [2.45, 2.75) is 26.8 Å². The van der Waals surface area contributed by atoms with E-state index >= 15 is 0 Å². The maximum absolute atomic E-state index is 13.2. The lowest BCUT2D eigenvalue weighted by Gasteiger charge is -2.04. The van der Waals surface area contributed by atoms with E-state index in [1.807, 2.05) is 6.92 Å².